The molecule has 4 aromatic rings. The third kappa shape index (κ3) is 4.26. The summed E-state index contributed by atoms with van der Waals surface area (Å²) in [6, 6.07) is 9.30. The molecule has 0 amide bonds. The van der Waals surface area contributed by atoms with Crippen molar-refractivity contribution in [3.63, 3.8) is 0 Å². The van der Waals surface area contributed by atoms with Gasteiger partial charge in [-0.2, -0.15) is 0 Å². The summed E-state index contributed by atoms with van der Waals surface area (Å²) >= 11 is 1.32. The summed E-state index contributed by atoms with van der Waals surface area (Å²) in [7, 11) is 1.69. The summed E-state index contributed by atoms with van der Waals surface area (Å²) in [5.74, 6) is 0.689. The number of rotatable bonds is 10. The van der Waals surface area contributed by atoms with E-state index in [1.807, 2.05) is 42.5 Å². The van der Waals surface area contributed by atoms with Crippen molar-refractivity contribution in [3.8, 4) is 0 Å². The van der Waals surface area contributed by atoms with Crippen molar-refractivity contribution < 1.29 is 9.53 Å². The fraction of sp³-hybridized carbons (Fsp3) is 0.333. The summed E-state index contributed by atoms with van der Waals surface area (Å²) in [5.41, 5.74) is 3.32. The summed E-state index contributed by atoms with van der Waals surface area (Å²) in [6.45, 7) is 9.56. The first-order valence-electron chi connectivity index (χ1n) is 10.8. The fourth-order valence-corrected chi connectivity index (χ4v) is 4.95. The lowest BCUT2D eigenvalue weighted by atomic mass is 10.2. The fourth-order valence-electron chi connectivity index (χ4n) is 4.12. The van der Waals surface area contributed by atoms with E-state index >= 15 is 0 Å². The number of Topliss-reactive ketones (excluding diaryl/α,β-unsaturated/α-hetero) is 1. The van der Waals surface area contributed by atoms with Gasteiger partial charge in [-0.05, 0) is 38.5 Å². The molecule has 8 nitrogen and oxygen atoms in total. The molecule has 0 bridgehead atoms. The molecular formula is C24H27N5O3S. The number of fused-ring (bicyclic) bond motifs is 3. The Morgan fingerprint density at radius 2 is 2.00 bits per heavy atom. The van der Waals surface area contributed by atoms with Crippen LogP contribution in [-0.4, -0.2) is 49.0 Å². The normalized spacial score (nSPS) is 11.5. The lowest BCUT2D eigenvalue weighted by molar-refractivity contribution is 0.102. The molecule has 0 aliphatic carbocycles. The van der Waals surface area contributed by atoms with Crippen molar-refractivity contribution in [2.75, 3.05) is 19.5 Å². The first-order valence-corrected chi connectivity index (χ1v) is 11.8. The van der Waals surface area contributed by atoms with Gasteiger partial charge in [0.05, 0.1) is 16.7 Å². The molecule has 0 aliphatic rings. The molecule has 1 aromatic carbocycles. The van der Waals surface area contributed by atoms with Crippen molar-refractivity contribution in [2.45, 2.75) is 38.5 Å². The number of thioether (sulfide) groups is 1. The van der Waals surface area contributed by atoms with Gasteiger partial charge in [0, 0.05) is 43.8 Å². The summed E-state index contributed by atoms with van der Waals surface area (Å²) in [6.07, 6.45) is 2.55. The highest BCUT2D eigenvalue weighted by atomic mass is 32.2. The Balaban J connectivity index is 1.65. The Morgan fingerprint density at radius 3 is 2.76 bits per heavy atom. The molecule has 9 heteroatoms. The van der Waals surface area contributed by atoms with Crippen LogP contribution in [0.2, 0.25) is 0 Å². The molecule has 3 heterocycles. The van der Waals surface area contributed by atoms with Crippen LogP contribution in [0.25, 0.3) is 16.7 Å². The predicted molar refractivity (Wildman–Crippen MR) is 130 cm³/mol. The van der Waals surface area contributed by atoms with Crippen molar-refractivity contribution in [1.82, 2.24) is 23.7 Å². The zero-order valence-corrected chi connectivity index (χ0v) is 19.9. The van der Waals surface area contributed by atoms with Crippen LogP contribution in [0.1, 0.15) is 28.2 Å². The van der Waals surface area contributed by atoms with Gasteiger partial charge in [-0.15, -0.1) is 16.8 Å². The number of aromatic nitrogens is 5. The van der Waals surface area contributed by atoms with Crippen LogP contribution >= 0.6 is 11.8 Å². The second-order valence-electron chi connectivity index (χ2n) is 7.83. The number of carbonyl (C=O) groups is 1. The van der Waals surface area contributed by atoms with E-state index in [4.69, 9.17) is 4.74 Å². The number of benzene rings is 1. The second kappa shape index (κ2) is 9.76. The Bertz CT molecular complexity index is 1400. The van der Waals surface area contributed by atoms with Gasteiger partial charge in [0.25, 0.3) is 5.56 Å². The van der Waals surface area contributed by atoms with Crippen LogP contribution in [-0.2, 0) is 17.8 Å². The van der Waals surface area contributed by atoms with Gasteiger partial charge in [-0.25, -0.2) is 0 Å². The van der Waals surface area contributed by atoms with Gasteiger partial charge in [-0.1, -0.05) is 30.0 Å². The van der Waals surface area contributed by atoms with Gasteiger partial charge in [0.15, 0.2) is 10.9 Å². The number of ether oxygens (including phenoxy) is 1. The molecule has 0 spiro atoms. The number of ketones is 1. The summed E-state index contributed by atoms with van der Waals surface area (Å²) < 4.78 is 10.7. The van der Waals surface area contributed by atoms with Gasteiger partial charge in [0.2, 0.25) is 5.78 Å². The van der Waals surface area contributed by atoms with Crippen molar-refractivity contribution >= 4 is 34.2 Å². The zero-order valence-electron chi connectivity index (χ0n) is 19.1. The molecule has 0 atom stereocenters. The highest BCUT2D eigenvalue weighted by Gasteiger charge is 2.19. The molecule has 0 saturated heterocycles. The maximum Gasteiger partial charge on any atom is 0.263 e. The highest BCUT2D eigenvalue weighted by molar-refractivity contribution is 7.99. The van der Waals surface area contributed by atoms with E-state index in [0.29, 0.717) is 35.0 Å². The van der Waals surface area contributed by atoms with Crippen LogP contribution in [0.15, 0.2) is 52.9 Å². The van der Waals surface area contributed by atoms with E-state index < -0.39 is 0 Å². The van der Waals surface area contributed by atoms with Crippen LogP contribution in [0, 0.1) is 13.8 Å². The van der Waals surface area contributed by atoms with Gasteiger partial charge < -0.3 is 9.30 Å². The number of nitrogens with zero attached hydrogens (tertiary/aromatic N) is 5. The molecule has 0 aliphatic heterocycles. The van der Waals surface area contributed by atoms with Crippen molar-refractivity contribution in [3.05, 3.63) is 70.3 Å². The van der Waals surface area contributed by atoms with E-state index in [1.165, 1.54) is 11.8 Å². The SMILES string of the molecule is C=CCn1c(=O)c2ccccc2n2c(SCC(=O)c3cc(C)n(CCCOC)c3C)nnc12. The van der Waals surface area contributed by atoms with E-state index in [2.05, 4.69) is 21.3 Å². The van der Waals surface area contributed by atoms with E-state index in [9.17, 15) is 9.59 Å². The number of aryl methyl sites for hydroxylation is 1. The van der Waals surface area contributed by atoms with Crippen LogP contribution in [0.4, 0.5) is 0 Å². The summed E-state index contributed by atoms with van der Waals surface area (Å²) in [5, 5.41) is 9.70. The first kappa shape index (κ1) is 23.0. The third-order valence-corrected chi connectivity index (χ3v) is 6.66. The van der Waals surface area contributed by atoms with Crippen molar-refractivity contribution in [2.24, 2.45) is 0 Å². The van der Waals surface area contributed by atoms with E-state index in [-0.39, 0.29) is 17.1 Å². The zero-order chi connectivity index (χ0) is 23.5. The Kier molecular flexibility index (Phi) is 6.80. The summed E-state index contributed by atoms with van der Waals surface area (Å²) in [4.78, 5) is 26.0. The molecule has 3 aromatic heterocycles. The number of carbonyl (C=O) groups excluding carboxylic acids is 1. The molecule has 4 rings (SSSR count). The number of hydrogen-bond acceptors (Lipinski definition) is 6. The topological polar surface area (TPSA) is 83.4 Å². The lowest BCUT2D eigenvalue weighted by Gasteiger charge is -2.10. The largest absolute Gasteiger partial charge is 0.385 e. The van der Waals surface area contributed by atoms with Crippen molar-refractivity contribution in [1.29, 1.82) is 0 Å². The maximum absolute atomic E-state index is 13.1. The Morgan fingerprint density at radius 1 is 1.21 bits per heavy atom. The lowest BCUT2D eigenvalue weighted by Crippen LogP contribution is -2.22. The van der Waals surface area contributed by atoms with Gasteiger partial charge >= 0.3 is 0 Å². The van der Waals surface area contributed by atoms with Crippen LogP contribution < -0.4 is 5.56 Å². The number of para-hydroxylation sites is 1. The standard InChI is InChI=1S/C24H27N5O3S/c1-5-11-28-22(31)18-9-6-7-10-20(18)29-23(28)25-26-24(29)33-15-21(30)19-14-16(2)27(17(19)3)12-8-13-32-4/h5-7,9-10,14H,1,8,11-13,15H2,2-4H3. The second-order valence-corrected chi connectivity index (χ2v) is 8.78. The Labute approximate surface area is 195 Å². The average Bonchev–Trinajstić information content (AvgIpc) is 3.36. The van der Waals surface area contributed by atoms with E-state index in [1.54, 1.807) is 23.8 Å². The smallest absolute Gasteiger partial charge is 0.263 e. The van der Waals surface area contributed by atoms with Gasteiger partial charge in [-0.3, -0.25) is 18.6 Å². The molecular weight excluding hydrogens is 438 g/mol. The minimum absolute atomic E-state index is 0.0339. The molecule has 0 radical (unpaired) electrons. The predicted octanol–water partition coefficient (Wildman–Crippen LogP) is 3.66. The molecule has 172 valence electrons. The maximum atomic E-state index is 13.1. The molecule has 0 N–H and O–H groups in total. The van der Waals surface area contributed by atoms with Crippen LogP contribution in [0.5, 0.6) is 0 Å². The number of methoxy groups -OCH3 is 1. The number of hydrogen-bond donors (Lipinski definition) is 0. The highest BCUT2D eigenvalue weighted by Crippen LogP contribution is 2.24. The first-order chi connectivity index (χ1) is 16.0. The Hall–Kier alpha value is -3.17. The number of allylic oxidation sites excluding steroid dienone is 1. The van der Waals surface area contributed by atoms with E-state index in [0.717, 1.165) is 29.9 Å². The van der Waals surface area contributed by atoms with Crippen LogP contribution in [0.3, 0.4) is 0 Å². The minimum atomic E-state index is -0.140. The molecule has 33 heavy (non-hydrogen) atoms. The van der Waals surface area contributed by atoms with Gasteiger partial charge in [0.1, 0.15) is 0 Å². The average molecular weight is 466 g/mol. The monoisotopic (exact) mass is 465 g/mol. The third-order valence-electron chi connectivity index (χ3n) is 5.73. The molecule has 0 fully saturated rings. The molecule has 0 unspecified atom stereocenters. The minimum Gasteiger partial charge on any atom is -0.385 e. The quantitative estimate of drug-likeness (QED) is 0.154. The molecule has 0 saturated carbocycles.